The standard InChI is InChI=1S/C15H25NO/c1-6-16-11-15(4,5)13-8-9-14(17-7-2)12(3)10-13/h8-10,16H,6-7,11H2,1-5H3. The van der Waals surface area contributed by atoms with Gasteiger partial charge in [0.2, 0.25) is 0 Å². The van der Waals surface area contributed by atoms with Crippen LogP contribution in [0.5, 0.6) is 5.75 Å². The molecule has 0 bridgehead atoms. The van der Waals surface area contributed by atoms with Crippen molar-refractivity contribution < 1.29 is 4.74 Å². The second-order valence-electron chi connectivity index (χ2n) is 5.08. The van der Waals surface area contributed by atoms with E-state index in [1.807, 2.05) is 6.92 Å². The van der Waals surface area contributed by atoms with Gasteiger partial charge in [-0.15, -0.1) is 0 Å². The van der Waals surface area contributed by atoms with Crippen LogP contribution < -0.4 is 10.1 Å². The van der Waals surface area contributed by atoms with Crippen molar-refractivity contribution in [2.75, 3.05) is 19.7 Å². The average Bonchev–Trinajstić information content (AvgIpc) is 2.29. The summed E-state index contributed by atoms with van der Waals surface area (Å²) in [6.07, 6.45) is 0. The summed E-state index contributed by atoms with van der Waals surface area (Å²) in [6, 6.07) is 6.50. The van der Waals surface area contributed by atoms with Gasteiger partial charge in [0.15, 0.2) is 0 Å². The third-order valence-electron chi connectivity index (χ3n) is 3.07. The summed E-state index contributed by atoms with van der Waals surface area (Å²) >= 11 is 0. The van der Waals surface area contributed by atoms with Gasteiger partial charge in [-0.25, -0.2) is 0 Å². The minimum atomic E-state index is 0.158. The van der Waals surface area contributed by atoms with Crippen molar-refractivity contribution in [3.05, 3.63) is 29.3 Å². The van der Waals surface area contributed by atoms with Crippen molar-refractivity contribution in [1.82, 2.24) is 5.32 Å². The average molecular weight is 235 g/mol. The molecule has 0 spiro atoms. The van der Waals surface area contributed by atoms with Gasteiger partial charge >= 0.3 is 0 Å². The highest BCUT2D eigenvalue weighted by molar-refractivity contribution is 5.39. The molecule has 17 heavy (non-hydrogen) atoms. The fraction of sp³-hybridized carbons (Fsp3) is 0.600. The largest absolute Gasteiger partial charge is 0.494 e. The molecule has 0 heterocycles. The third kappa shape index (κ3) is 3.74. The van der Waals surface area contributed by atoms with Gasteiger partial charge in [0.05, 0.1) is 6.61 Å². The Hall–Kier alpha value is -1.02. The highest BCUT2D eigenvalue weighted by Gasteiger charge is 2.20. The Morgan fingerprint density at radius 3 is 2.47 bits per heavy atom. The van der Waals surface area contributed by atoms with E-state index < -0.39 is 0 Å². The van der Waals surface area contributed by atoms with Gasteiger partial charge in [-0.3, -0.25) is 0 Å². The topological polar surface area (TPSA) is 21.3 Å². The van der Waals surface area contributed by atoms with E-state index in [-0.39, 0.29) is 5.41 Å². The first-order chi connectivity index (χ1) is 8.01. The van der Waals surface area contributed by atoms with E-state index in [0.717, 1.165) is 25.4 Å². The summed E-state index contributed by atoms with van der Waals surface area (Å²) in [5.41, 5.74) is 2.74. The summed E-state index contributed by atoms with van der Waals surface area (Å²) in [4.78, 5) is 0. The Morgan fingerprint density at radius 1 is 1.24 bits per heavy atom. The molecule has 96 valence electrons. The van der Waals surface area contributed by atoms with Crippen molar-refractivity contribution in [2.24, 2.45) is 0 Å². The van der Waals surface area contributed by atoms with E-state index in [1.54, 1.807) is 0 Å². The molecule has 2 nitrogen and oxygen atoms in total. The number of benzene rings is 1. The summed E-state index contributed by atoms with van der Waals surface area (Å²) in [5, 5.41) is 3.41. The first-order valence-corrected chi connectivity index (χ1v) is 6.46. The highest BCUT2D eigenvalue weighted by atomic mass is 16.5. The first-order valence-electron chi connectivity index (χ1n) is 6.46. The van der Waals surface area contributed by atoms with Crippen LogP contribution in [-0.2, 0) is 5.41 Å². The molecular weight excluding hydrogens is 210 g/mol. The van der Waals surface area contributed by atoms with E-state index in [1.165, 1.54) is 11.1 Å². The molecule has 0 aliphatic rings. The van der Waals surface area contributed by atoms with Gasteiger partial charge in [0, 0.05) is 12.0 Å². The van der Waals surface area contributed by atoms with Gasteiger partial charge in [-0.1, -0.05) is 32.9 Å². The van der Waals surface area contributed by atoms with Crippen LogP contribution in [0, 0.1) is 6.92 Å². The Kier molecular flexibility index (Phi) is 5.01. The lowest BCUT2D eigenvalue weighted by molar-refractivity contribution is 0.337. The lowest BCUT2D eigenvalue weighted by Gasteiger charge is -2.26. The molecule has 0 atom stereocenters. The normalized spacial score (nSPS) is 11.6. The maximum Gasteiger partial charge on any atom is 0.122 e. The number of ether oxygens (including phenoxy) is 1. The van der Waals surface area contributed by atoms with Gasteiger partial charge < -0.3 is 10.1 Å². The maximum atomic E-state index is 5.57. The number of hydrogen-bond donors (Lipinski definition) is 1. The number of aryl methyl sites for hydroxylation is 1. The number of hydrogen-bond acceptors (Lipinski definition) is 2. The van der Waals surface area contributed by atoms with E-state index in [2.05, 4.69) is 51.2 Å². The van der Waals surface area contributed by atoms with Gasteiger partial charge in [0.1, 0.15) is 5.75 Å². The lowest BCUT2D eigenvalue weighted by atomic mass is 9.84. The molecule has 0 unspecified atom stereocenters. The number of rotatable bonds is 6. The molecular formula is C15H25NO. The fourth-order valence-electron chi connectivity index (χ4n) is 1.93. The molecule has 0 saturated carbocycles. The minimum Gasteiger partial charge on any atom is -0.494 e. The molecule has 0 aromatic heterocycles. The van der Waals surface area contributed by atoms with Crippen molar-refractivity contribution in [3.8, 4) is 5.75 Å². The van der Waals surface area contributed by atoms with Crippen molar-refractivity contribution in [2.45, 2.75) is 40.0 Å². The van der Waals surface area contributed by atoms with Crippen LogP contribution in [0.3, 0.4) is 0 Å². The summed E-state index contributed by atoms with van der Waals surface area (Å²) in [5.74, 6) is 0.996. The molecule has 0 aliphatic carbocycles. The predicted molar refractivity (Wildman–Crippen MR) is 73.9 cm³/mol. The summed E-state index contributed by atoms with van der Waals surface area (Å²) in [7, 11) is 0. The molecule has 0 aliphatic heterocycles. The van der Waals surface area contributed by atoms with E-state index in [0.29, 0.717) is 0 Å². The van der Waals surface area contributed by atoms with Crippen LogP contribution in [0.4, 0.5) is 0 Å². The van der Waals surface area contributed by atoms with Crippen LogP contribution in [0.2, 0.25) is 0 Å². The van der Waals surface area contributed by atoms with Crippen LogP contribution in [-0.4, -0.2) is 19.7 Å². The van der Waals surface area contributed by atoms with E-state index >= 15 is 0 Å². The van der Waals surface area contributed by atoms with Crippen LogP contribution >= 0.6 is 0 Å². The predicted octanol–water partition coefficient (Wildman–Crippen LogP) is 3.28. The van der Waals surface area contributed by atoms with Crippen LogP contribution in [0.25, 0.3) is 0 Å². The Balaban J connectivity index is 2.88. The van der Waals surface area contributed by atoms with Gasteiger partial charge in [-0.2, -0.15) is 0 Å². The molecule has 1 N–H and O–H groups in total. The molecule has 0 amide bonds. The summed E-state index contributed by atoms with van der Waals surface area (Å²) < 4.78 is 5.57. The smallest absolute Gasteiger partial charge is 0.122 e. The number of likely N-dealkylation sites (N-methyl/N-ethyl adjacent to an activating group) is 1. The zero-order chi connectivity index (χ0) is 12.9. The zero-order valence-electron chi connectivity index (χ0n) is 11.8. The quantitative estimate of drug-likeness (QED) is 0.817. The van der Waals surface area contributed by atoms with Crippen molar-refractivity contribution in [1.29, 1.82) is 0 Å². The molecule has 1 aromatic carbocycles. The van der Waals surface area contributed by atoms with Gasteiger partial charge in [0.25, 0.3) is 0 Å². The fourth-order valence-corrected chi connectivity index (χ4v) is 1.93. The van der Waals surface area contributed by atoms with E-state index in [9.17, 15) is 0 Å². The van der Waals surface area contributed by atoms with E-state index in [4.69, 9.17) is 4.74 Å². The third-order valence-corrected chi connectivity index (χ3v) is 3.07. The van der Waals surface area contributed by atoms with Crippen LogP contribution in [0.1, 0.15) is 38.8 Å². The maximum absolute atomic E-state index is 5.57. The van der Waals surface area contributed by atoms with Crippen molar-refractivity contribution >= 4 is 0 Å². The molecule has 1 aromatic rings. The molecule has 0 saturated heterocycles. The monoisotopic (exact) mass is 235 g/mol. The van der Waals surface area contributed by atoms with Crippen LogP contribution in [0.15, 0.2) is 18.2 Å². The second kappa shape index (κ2) is 6.06. The molecule has 2 heteroatoms. The SMILES string of the molecule is CCNCC(C)(C)c1ccc(OCC)c(C)c1. The minimum absolute atomic E-state index is 0.158. The Bertz CT molecular complexity index is 358. The Morgan fingerprint density at radius 2 is 1.94 bits per heavy atom. The first kappa shape index (κ1) is 14.0. The zero-order valence-corrected chi connectivity index (χ0v) is 11.8. The molecule has 1 rings (SSSR count). The lowest BCUT2D eigenvalue weighted by Crippen LogP contribution is -2.32. The summed E-state index contributed by atoms with van der Waals surface area (Å²) in [6.45, 7) is 13.5. The Labute approximate surface area is 105 Å². The number of nitrogens with one attached hydrogen (secondary N) is 1. The van der Waals surface area contributed by atoms with Gasteiger partial charge in [-0.05, 0) is 37.6 Å². The van der Waals surface area contributed by atoms with Crippen molar-refractivity contribution in [3.63, 3.8) is 0 Å². The molecule has 0 fully saturated rings. The highest BCUT2D eigenvalue weighted by Crippen LogP contribution is 2.27. The molecule has 0 radical (unpaired) electrons. The second-order valence-corrected chi connectivity index (χ2v) is 5.08.